The van der Waals surface area contributed by atoms with E-state index in [1.807, 2.05) is 0 Å². The molecule has 1 N–H and O–H groups in total. The highest BCUT2D eigenvalue weighted by atomic mass is 16.4. The van der Waals surface area contributed by atoms with E-state index in [4.69, 9.17) is 5.11 Å². The molecule has 0 heterocycles. The van der Waals surface area contributed by atoms with Gasteiger partial charge in [-0.1, -0.05) is 18.2 Å². The number of carbonyl (C=O) groups is 1. The second-order valence-corrected chi connectivity index (χ2v) is 3.96. The molecule has 82 valence electrons. The molecular weight excluding hydrogens is 188 g/mol. The van der Waals surface area contributed by atoms with Crippen molar-refractivity contribution in [2.75, 3.05) is 0 Å². The first kappa shape index (κ1) is 11.8. The molecule has 15 heavy (non-hydrogen) atoms. The van der Waals surface area contributed by atoms with E-state index in [-0.39, 0.29) is 6.42 Å². The average Bonchev–Trinajstić information content (AvgIpc) is 2.18. The summed E-state index contributed by atoms with van der Waals surface area (Å²) in [5.41, 5.74) is 4.00. The van der Waals surface area contributed by atoms with Crippen molar-refractivity contribution < 1.29 is 9.90 Å². The smallest absolute Gasteiger partial charge is 0.303 e. The number of hydrogen-bond acceptors (Lipinski definition) is 1. The highest BCUT2D eigenvalue weighted by Gasteiger charge is 2.01. The summed E-state index contributed by atoms with van der Waals surface area (Å²) in [6.45, 7) is 4.23. The second-order valence-electron chi connectivity index (χ2n) is 3.96. The third kappa shape index (κ3) is 3.74. The van der Waals surface area contributed by atoms with Gasteiger partial charge in [-0.2, -0.15) is 0 Å². The molecule has 0 aliphatic heterocycles. The Morgan fingerprint density at radius 3 is 2.67 bits per heavy atom. The van der Waals surface area contributed by atoms with Crippen LogP contribution in [0.4, 0.5) is 0 Å². The Kier molecular flexibility index (Phi) is 4.35. The van der Waals surface area contributed by atoms with E-state index in [2.05, 4.69) is 32.0 Å². The van der Waals surface area contributed by atoms with Crippen molar-refractivity contribution in [3.8, 4) is 0 Å². The Morgan fingerprint density at radius 2 is 2.00 bits per heavy atom. The normalized spacial score (nSPS) is 10.3. The maximum atomic E-state index is 10.3. The first-order valence-electron chi connectivity index (χ1n) is 5.38. The molecule has 2 nitrogen and oxygen atoms in total. The van der Waals surface area contributed by atoms with Crippen molar-refractivity contribution in [1.82, 2.24) is 0 Å². The summed E-state index contributed by atoms with van der Waals surface area (Å²) in [6, 6.07) is 6.30. The number of aryl methyl sites for hydroxylation is 2. The highest BCUT2D eigenvalue weighted by Crippen LogP contribution is 2.15. The van der Waals surface area contributed by atoms with E-state index in [1.54, 1.807) is 0 Å². The van der Waals surface area contributed by atoms with E-state index in [1.165, 1.54) is 16.7 Å². The van der Waals surface area contributed by atoms with Crippen LogP contribution in [0, 0.1) is 13.8 Å². The van der Waals surface area contributed by atoms with Crippen molar-refractivity contribution in [1.29, 1.82) is 0 Å². The third-order valence-corrected chi connectivity index (χ3v) is 2.80. The fourth-order valence-corrected chi connectivity index (χ4v) is 1.67. The molecule has 0 bridgehead atoms. The molecule has 0 aliphatic carbocycles. The zero-order chi connectivity index (χ0) is 11.3. The molecule has 0 atom stereocenters. The molecule has 0 radical (unpaired) electrons. The topological polar surface area (TPSA) is 37.3 Å². The molecule has 1 aromatic rings. The summed E-state index contributed by atoms with van der Waals surface area (Å²) in [4.78, 5) is 10.3. The SMILES string of the molecule is Cc1cccc(CCCCC(=O)O)c1C. The van der Waals surface area contributed by atoms with Gasteiger partial charge < -0.3 is 5.11 Å². The fourth-order valence-electron chi connectivity index (χ4n) is 1.67. The molecule has 0 aromatic heterocycles. The minimum atomic E-state index is -0.698. The monoisotopic (exact) mass is 206 g/mol. The van der Waals surface area contributed by atoms with Crippen LogP contribution in [0.25, 0.3) is 0 Å². The lowest BCUT2D eigenvalue weighted by molar-refractivity contribution is -0.137. The molecule has 0 spiro atoms. The molecule has 0 fully saturated rings. The summed E-state index contributed by atoms with van der Waals surface area (Å²) in [5, 5.41) is 8.51. The lowest BCUT2D eigenvalue weighted by Crippen LogP contribution is -1.96. The first-order valence-corrected chi connectivity index (χ1v) is 5.38. The van der Waals surface area contributed by atoms with Crippen molar-refractivity contribution in [2.45, 2.75) is 39.5 Å². The van der Waals surface area contributed by atoms with Gasteiger partial charge in [-0.3, -0.25) is 4.79 Å². The molecule has 0 amide bonds. The van der Waals surface area contributed by atoms with Gasteiger partial charge in [0.25, 0.3) is 0 Å². The van der Waals surface area contributed by atoms with Crippen molar-refractivity contribution in [2.24, 2.45) is 0 Å². The fraction of sp³-hybridized carbons (Fsp3) is 0.462. The number of aliphatic carboxylic acids is 1. The molecule has 0 saturated heterocycles. The highest BCUT2D eigenvalue weighted by molar-refractivity contribution is 5.66. The third-order valence-electron chi connectivity index (χ3n) is 2.80. The maximum absolute atomic E-state index is 10.3. The van der Waals surface area contributed by atoms with Gasteiger partial charge >= 0.3 is 5.97 Å². The summed E-state index contributed by atoms with van der Waals surface area (Å²) >= 11 is 0. The minimum Gasteiger partial charge on any atom is -0.481 e. The Morgan fingerprint density at radius 1 is 1.27 bits per heavy atom. The quantitative estimate of drug-likeness (QED) is 0.752. The molecular formula is C13H18O2. The number of hydrogen-bond donors (Lipinski definition) is 1. The van der Waals surface area contributed by atoms with Crippen LogP contribution >= 0.6 is 0 Å². The van der Waals surface area contributed by atoms with Crippen LogP contribution in [0.1, 0.15) is 36.0 Å². The minimum absolute atomic E-state index is 0.283. The molecule has 2 heteroatoms. The van der Waals surface area contributed by atoms with Gasteiger partial charge in [0, 0.05) is 6.42 Å². The molecule has 0 unspecified atom stereocenters. The van der Waals surface area contributed by atoms with Crippen LogP contribution in [0.3, 0.4) is 0 Å². The zero-order valence-corrected chi connectivity index (χ0v) is 9.42. The van der Waals surface area contributed by atoms with Crippen LogP contribution in [-0.2, 0) is 11.2 Å². The lowest BCUT2D eigenvalue weighted by atomic mass is 9.99. The number of rotatable bonds is 5. The maximum Gasteiger partial charge on any atom is 0.303 e. The van der Waals surface area contributed by atoms with Crippen LogP contribution in [0.5, 0.6) is 0 Å². The van der Waals surface area contributed by atoms with Crippen molar-refractivity contribution in [3.05, 3.63) is 34.9 Å². The Balaban J connectivity index is 2.44. The molecule has 0 saturated carbocycles. The average molecular weight is 206 g/mol. The van der Waals surface area contributed by atoms with Gasteiger partial charge in [0.05, 0.1) is 0 Å². The van der Waals surface area contributed by atoms with E-state index in [0.29, 0.717) is 0 Å². The van der Waals surface area contributed by atoms with Crippen LogP contribution in [-0.4, -0.2) is 11.1 Å². The van der Waals surface area contributed by atoms with Crippen molar-refractivity contribution in [3.63, 3.8) is 0 Å². The lowest BCUT2D eigenvalue weighted by Gasteiger charge is -2.07. The van der Waals surface area contributed by atoms with Crippen molar-refractivity contribution >= 4 is 5.97 Å². The Hall–Kier alpha value is -1.31. The number of benzene rings is 1. The predicted molar refractivity (Wildman–Crippen MR) is 61.1 cm³/mol. The number of unbranched alkanes of at least 4 members (excludes halogenated alkanes) is 1. The molecule has 1 aromatic carbocycles. The first-order chi connectivity index (χ1) is 7.11. The van der Waals surface area contributed by atoms with Gasteiger partial charge in [-0.15, -0.1) is 0 Å². The largest absolute Gasteiger partial charge is 0.481 e. The standard InChI is InChI=1S/C13H18O2/c1-10-6-5-8-12(11(10)2)7-3-4-9-13(14)15/h5-6,8H,3-4,7,9H2,1-2H3,(H,14,15). The number of carboxylic acids is 1. The van der Waals surface area contributed by atoms with E-state index in [0.717, 1.165) is 19.3 Å². The summed E-state index contributed by atoms with van der Waals surface area (Å²) < 4.78 is 0. The van der Waals surface area contributed by atoms with Gasteiger partial charge in [0.15, 0.2) is 0 Å². The Labute approximate surface area is 90.9 Å². The summed E-state index contributed by atoms with van der Waals surface area (Å²) in [7, 11) is 0. The van der Waals surface area contributed by atoms with Crippen LogP contribution in [0.2, 0.25) is 0 Å². The van der Waals surface area contributed by atoms with E-state index >= 15 is 0 Å². The van der Waals surface area contributed by atoms with Crippen LogP contribution in [0.15, 0.2) is 18.2 Å². The zero-order valence-electron chi connectivity index (χ0n) is 9.42. The van der Waals surface area contributed by atoms with Crippen LogP contribution < -0.4 is 0 Å². The van der Waals surface area contributed by atoms with E-state index < -0.39 is 5.97 Å². The Bertz CT molecular complexity index is 342. The van der Waals surface area contributed by atoms with Gasteiger partial charge in [0.2, 0.25) is 0 Å². The molecule has 1 rings (SSSR count). The summed E-state index contributed by atoms with van der Waals surface area (Å²) in [6.07, 6.45) is 2.99. The summed E-state index contributed by atoms with van der Waals surface area (Å²) in [5.74, 6) is -0.698. The van der Waals surface area contributed by atoms with E-state index in [9.17, 15) is 4.79 Å². The van der Waals surface area contributed by atoms with Gasteiger partial charge in [-0.05, 0) is 49.8 Å². The molecule has 0 aliphatic rings. The predicted octanol–water partition coefficient (Wildman–Crippen LogP) is 3.10. The van der Waals surface area contributed by atoms with Gasteiger partial charge in [-0.25, -0.2) is 0 Å². The van der Waals surface area contributed by atoms with Gasteiger partial charge in [0.1, 0.15) is 0 Å². The number of carboxylic acid groups (broad SMARTS) is 1. The second kappa shape index (κ2) is 5.54.